The molecule has 88 valence electrons. The number of hydrogen-bond donors (Lipinski definition) is 0. The first-order valence-electron chi connectivity index (χ1n) is 4.80. The Morgan fingerprint density at radius 3 is 2.71 bits per heavy atom. The van der Waals surface area contributed by atoms with Crippen molar-refractivity contribution in [1.29, 1.82) is 0 Å². The molecule has 0 N–H and O–H groups in total. The highest BCUT2D eigenvalue weighted by Gasteiger charge is 2.13. The lowest BCUT2D eigenvalue weighted by atomic mass is 10.1. The normalized spacial score (nSPS) is 10.5. The van der Waals surface area contributed by atoms with Gasteiger partial charge in [-0.3, -0.25) is 4.79 Å². The van der Waals surface area contributed by atoms with Crippen molar-refractivity contribution in [3.05, 3.63) is 54.0 Å². The van der Waals surface area contributed by atoms with Crippen molar-refractivity contribution in [1.82, 2.24) is 0 Å². The van der Waals surface area contributed by atoms with E-state index in [4.69, 9.17) is 4.42 Å². The van der Waals surface area contributed by atoms with Gasteiger partial charge in [0.05, 0.1) is 6.26 Å². The van der Waals surface area contributed by atoms with Gasteiger partial charge in [0.2, 0.25) is 5.78 Å². The van der Waals surface area contributed by atoms with E-state index in [1.807, 2.05) is 0 Å². The molecule has 0 atom stereocenters. The van der Waals surface area contributed by atoms with Gasteiger partial charge in [0.25, 0.3) is 0 Å². The van der Waals surface area contributed by atoms with E-state index < -0.39 is 6.61 Å². The molecule has 0 saturated heterocycles. The number of hydrogen-bond acceptors (Lipinski definition) is 3. The number of halogens is 2. The number of carbonyl (C=O) groups is 1. The number of furan rings is 1. The van der Waals surface area contributed by atoms with Crippen molar-refractivity contribution in [2.75, 3.05) is 0 Å². The fourth-order valence-corrected chi connectivity index (χ4v) is 1.36. The summed E-state index contributed by atoms with van der Waals surface area (Å²) in [6, 6.07) is 8.65. The fourth-order valence-electron chi connectivity index (χ4n) is 1.36. The van der Waals surface area contributed by atoms with Crippen LogP contribution in [0.4, 0.5) is 8.78 Å². The maximum atomic E-state index is 12.0. The topological polar surface area (TPSA) is 39.4 Å². The molecule has 0 radical (unpaired) electrons. The SMILES string of the molecule is O=C(c1cccc(OC(F)F)c1)c1ccco1. The summed E-state index contributed by atoms with van der Waals surface area (Å²) in [5.74, 6) is -0.286. The summed E-state index contributed by atoms with van der Waals surface area (Å²) in [5, 5.41) is 0. The van der Waals surface area contributed by atoms with Crippen LogP contribution in [-0.4, -0.2) is 12.4 Å². The van der Waals surface area contributed by atoms with Crippen molar-refractivity contribution >= 4 is 5.78 Å². The Morgan fingerprint density at radius 2 is 2.06 bits per heavy atom. The van der Waals surface area contributed by atoms with Crippen LogP contribution < -0.4 is 4.74 Å². The summed E-state index contributed by atoms with van der Waals surface area (Å²) in [7, 11) is 0. The first kappa shape index (κ1) is 11.3. The zero-order valence-electron chi connectivity index (χ0n) is 8.60. The van der Waals surface area contributed by atoms with Gasteiger partial charge in [-0.25, -0.2) is 0 Å². The minimum Gasteiger partial charge on any atom is -0.461 e. The lowest BCUT2D eigenvalue weighted by molar-refractivity contribution is -0.0498. The Labute approximate surface area is 95.6 Å². The summed E-state index contributed by atoms with van der Waals surface area (Å²) < 4.78 is 33.1. The fraction of sp³-hybridized carbons (Fsp3) is 0.0833. The van der Waals surface area contributed by atoms with Crippen molar-refractivity contribution < 1.29 is 22.7 Å². The van der Waals surface area contributed by atoms with E-state index in [1.165, 1.54) is 36.6 Å². The van der Waals surface area contributed by atoms with Crippen LogP contribution in [0.2, 0.25) is 0 Å². The van der Waals surface area contributed by atoms with Crippen LogP contribution in [0.5, 0.6) is 5.75 Å². The molecule has 0 unspecified atom stereocenters. The maximum absolute atomic E-state index is 12.0. The lowest BCUT2D eigenvalue weighted by Crippen LogP contribution is -2.04. The lowest BCUT2D eigenvalue weighted by Gasteiger charge is -2.05. The molecule has 17 heavy (non-hydrogen) atoms. The van der Waals surface area contributed by atoms with E-state index in [9.17, 15) is 13.6 Å². The van der Waals surface area contributed by atoms with Crippen LogP contribution in [0.1, 0.15) is 16.1 Å². The van der Waals surface area contributed by atoms with Crippen LogP contribution in [0, 0.1) is 0 Å². The Hall–Kier alpha value is -2.17. The number of rotatable bonds is 4. The molecule has 3 nitrogen and oxygen atoms in total. The molecule has 0 spiro atoms. The monoisotopic (exact) mass is 238 g/mol. The number of ether oxygens (including phenoxy) is 1. The highest BCUT2D eigenvalue weighted by Crippen LogP contribution is 2.18. The third-order valence-corrected chi connectivity index (χ3v) is 2.07. The van der Waals surface area contributed by atoms with E-state index >= 15 is 0 Å². The van der Waals surface area contributed by atoms with Gasteiger partial charge in [0.15, 0.2) is 5.76 Å². The summed E-state index contributed by atoms with van der Waals surface area (Å²) in [6.45, 7) is -2.91. The van der Waals surface area contributed by atoms with Crippen LogP contribution in [-0.2, 0) is 0 Å². The zero-order chi connectivity index (χ0) is 12.3. The molecule has 0 amide bonds. The number of benzene rings is 1. The molecule has 2 aromatic rings. The third-order valence-electron chi connectivity index (χ3n) is 2.07. The standard InChI is InChI=1S/C12H8F2O3/c13-12(14)17-9-4-1-3-8(7-9)11(15)10-5-2-6-16-10/h1-7,12H. The first-order chi connectivity index (χ1) is 8.16. The second kappa shape index (κ2) is 4.78. The second-order valence-electron chi connectivity index (χ2n) is 3.21. The van der Waals surface area contributed by atoms with Gasteiger partial charge in [-0.2, -0.15) is 8.78 Å². The molecule has 0 aliphatic rings. The van der Waals surface area contributed by atoms with Gasteiger partial charge >= 0.3 is 6.61 Å². The van der Waals surface area contributed by atoms with E-state index in [0.29, 0.717) is 0 Å². The third kappa shape index (κ3) is 2.69. The van der Waals surface area contributed by atoms with Gasteiger partial charge in [0.1, 0.15) is 5.75 Å². The largest absolute Gasteiger partial charge is 0.461 e. The Morgan fingerprint density at radius 1 is 1.24 bits per heavy atom. The summed E-state index contributed by atoms with van der Waals surface area (Å²) in [5.41, 5.74) is 0.234. The van der Waals surface area contributed by atoms with Crippen molar-refractivity contribution in [2.45, 2.75) is 6.61 Å². The summed E-state index contributed by atoms with van der Waals surface area (Å²) in [6.07, 6.45) is 1.37. The minimum absolute atomic E-state index is 0.0580. The van der Waals surface area contributed by atoms with Gasteiger partial charge < -0.3 is 9.15 Å². The molecular formula is C12H8F2O3. The maximum Gasteiger partial charge on any atom is 0.387 e. The van der Waals surface area contributed by atoms with Gasteiger partial charge in [-0.1, -0.05) is 12.1 Å². The van der Waals surface area contributed by atoms with Crippen molar-refractivity contribution in [3.8, 4) is 5.75 Å². The molecule has 0 fully saturated rings. The number of alkyl halides is 2. The van der Waals surface area contributed by atoms with E-state index in [0.717, 1.165) is 0 Å². The molecule has 0 aliphatic carbocycles. The smallest absolute Gasteiger partial charge is 0.387 e. The molecule has 5 heteroatoms. The Balaban J connectivity index is 2.24. The van der Waals surface area contributed by atoms with Crippen LogP contribution >= 0.6 is 0 Å². The average Bonchev–Trinajstić information content (AvgIpc) is 2.81. The molecular weight excluding hydrogens is 230 g/mol. The minimum atomic E-state index is -2.91. The summed E-state index contributed by atoms with van der Waals surface area (Å²) >= 11 is 0. The molecule has 0 aliphatic heterocycles. The van der Waals surface area contributed by atoms with Gasteiger partial charge in [-0.15, -0.1) is 0 Å². The quantitative estimate of drug-likeness (QED) is 0.768. The summed E-state index contributed by atoms with van der Waals surface area (Å²) in [4.78, 5) is 11.8. The molecule has 1 heterocycles. The highest BCUT2D eigenvalue weighted by molar-refractivity contribution is 6.07. The Kier molecular flexibility index (Phi) is 3.18. The average molecular weight is 238 g/mol. The molecule has 2 rings (SSSR count). The van der Waals surface area contributed by atoms with Crippen LogP contribution in [0.3, 0.4) is 0 Å². The van der Waals surface area contributed by atoms with Gasteiger partial charge in [0, 0.05) is 5.56 Å². The molecule has 0 saturated carbocycles. The van der Waals surface area contributed by atoms with E-state index in [-0.39, 0.29) is 22.9 Å². The predicted molar refractivity (Wildman–Crippen MR) is 55.2 cm³/mol. The second-order valence-corrected chi connectivity index (χ2v) is 3.21. The zero-order valence-corrected chi connectivity index (χ0v) is 8.60. The number of carbonyl (C=O) groups excluding carboxylic acids is 1. The van der Waals surface area contributed by atoms with E-state index in [2.05, 4.69) is 4.74 Å². The molecule has 0 bridgehead atoms. The van der Waals surface area contributed by atoms with Crippen LogP contribution in [0.15, 0.2) is 47.1 Å². The first-order valence-corrected chi connectivity index (χ1v) is 4.80. The van der Waals surface area contributed by atoms with Crippen molar-refractivity contribution in [3.63, 3.8) is 0 Å². The Bertz CT molecular complexity index is 506. The van der Waals surface area contributed by atoms with E-state index in [1.54, 1.807) is 6.07 Å². The van der Waals surface area contributed by atoms with Gasteiger partial charge in [-0.05, 0) is 24.3 Å². The van der Waals surface area contributed by atoms with Crippen molar-refractivity contribution in [2.24, 2.45) is 0 Å². The molecule has 1 aromatic heterocycles. The van der Waals surface area contributed by atoms with Crippen LogP contribution in [0.25, 0.3) is 0 Å². The highest BCUT2D eigenvalue weighted by atomic mass is 19.3. The molecule has 1 aromatic carbocycles. The predicted octanol–water partition coefficient (Wildman–Crippen LogP) is 3.11. The number of ketones is 1.